The first-order valence-corrected chi connectivity index (χ1v) is 6.08. The lowest BCUT2D eigenvalue weighted by Gasteiger charge is -2.31. The Kier molecular flexibility index (Phi) is 3.75. The minimum Gasteiger partial charge on any atom is -0.449 e. The van der Waals surface area contributed by atoms with Crippen molar-refractivity contribution in [2.24, 2.45) is 0 Å². The lowest BCUT2D eigenvalue weighted by Crippen LogP contribution is -2.23. The summed E-state index contributed by atoms with van der Waals surface area (Å²) >= 11 is 0. The van der Waals surface area contributed by atoms with Crippen LogP contribution < -0.4 is 4.74 Å². The molecule has 0 atom stereocenters. The lowest BCUT2D eigenvalue weighted by atomic mass is 9.75. The molecular formula is C15H22O3. The highest BCUT2D eigenvalue weighted by Gasteiger charge is 2.29. The van der Waals surface area contributed by atoms with Crippen LogP contribution in [0, 0.1) is 0 Å². The zero-order valence-electron chi connectivity index (χ0n) is 12.0. The van der Waals surface area contributed by atoms with Gasteiger partial charge in [-0.15, -0.1) is 0 Å². The molecule has 0 aliphatic carbocycles. The molecule has 0 heterocycles. The van der Waals surface area contributed by atoms with Gasteiger partial charge in [0.1, 0.15) is 5.75 Å². The van der Waals surface area contributed by atoms with Crippen molar-refractivity contribution in [1.29, 1.82) is 0 Å². The molecule has 0 aromatic heterocycles. The molecular weight excluding hydrogens is 228 g/mol. The molecule has 1 aromatic rings. The van der Waals surface area contributed by atoms with Gasteiger partial charge >= 0.3 is 6.16 Å². The van der Waals surface area contributed by atoms with Gasteiger partial charge < -0.3 is 9.84 Å². The molecule has 1 aromatic carbocycles. The highest BCUT2D eigenvalue weighted by molar-refractivity contribution is 5.63. The van der Waals surface area contributed by atoms with Gasteiger partial charge in [0.15, 0.2) is 0 Å². The van der Waals surface area contributed by atoms with Crippen molar-refractivity contribution in [3.63, 3.8) is 0 Å². The van der Waals surface area contributed by atoms with E-state index in [-0.39, 0.29) is 10.8 Å². The Balaban J connectivity index is 3.50. The molecule has 1 N–H and O–H groups in total. The van der Waals surface area contributed by atoms with E-state index in [2.05, 4.69) is 41.5 Å². The molecule has 0 spiro atoms. The van der Waals surface area contributed by atoms with Gasteiger partial charge in [-0.05, 0) is 22.5 Å². The zero-order chi connectivity index (χ0) is 14.1. The zero-order valence-corrected chi connectivity index (χ0v) is 12.0. The van der Waals surface area contributed by atoms with Crippen LogP contribution in [0.4, 0.5) is 4.79 Å². The van der Waals surface area contributed by atoms with Crippen LogP contribution in [-0.2, 0) is 10.8 Å². The molecule has 0 saturated carbocycles. The minimum atomic E-state index is -1.27. The Morgan fingerprint density at radius 1 is 1.06 bits per heavy atom. The minimum absolute atomic E-state index is 0.0551. The fraction of sp³-hybridized carbons (Fsp3) is 0.533. The van der Waals surface area contributed by atoms with Crippen molar-refractivity contribution < 1.29 is 14.6 Å². The first-order chi connectivity index (χ1) is 8.03. The van der Waals surface area contributed by atoms with Crippen LogP contribution in [0.15, 0.2) is 18.2 Å². The van der Waals surface area contributed by atoms with Crippen molar-refractivity contribution in [3.05, 3.63) is 29.3 Å². The Morgan fingerprint density at radius 3 is 2.00 bits per heavy atom. The van der Waals surface area contributed by atoms with Crippen LogP contribution in [0.1, 0.15) is 52.7 Å². The average Bonchev–Trinajstić information content (AvgIpc) is 2.13. The maximum atomic E-state index is 10.8. The van der Waals surface area contributed by atoms with Gasteiger partial charge in [-0.3, -0.25) is 0 Å². The normalized spacial score (nSPS) is 12.3. The van der Waals surface area contributed by atoms with Gasteiger partial charge in [-0.2, -0.15) is 0 Å². The quantitative estimate of drug-likeness (QED) is 0.595. The van der Waals surface area contributed by atoms with E-state index in [0.29, 0.717) is 5.75 Å². The van der Waals surface area contributed by atoms with Crippen LogP contribution >= 0.6 is 0 Å². The van der Waals surface area contributed by atoms with Crippen molar-refractivity contribution in [2.45, 2.75) is 52.4 Å². The summed E-state index contributed by atoms with van der Waals surface area (Å²) in [5.41, 5.74) is 1.85. The van der Waals surface area contributed by atoms with Crippen LogP contribution in [0.2, 0.25) is 0 Å². The highest BCUT2D eigenvalue weighted by atomic mass is 16.7. The van der Waals surface area contributed by atoms with E-state index in [1.54, 1.807) is 6.07 Å². The van der Waals surface area contributed by atoms with Crippen molar-refractivity contribution >= 4 is 6.16 Å². The van der Waals surface area contributed by atoms with Crippen LogP contribution in [0.5, 0.6) is 5.75 Å². The molecule has 0 aliphatic rings. The molecule has 0 amide bonds. The predicted molar refractivity (Wildman–Crippen MR) is 72.5 cm³/mol. The van der Waals surface area contributed by atoms with Gasteiger partial charge in [0, 0.05) is 5.56 Å². The third-order valence-electron chi connectivity index (χ3n) is 2.78. The molecule has 1 rings (SSSR count). The predicted octanol–water partition coefficient (Wildman–Crippen LogP) is 4.34. The molecule has 0 bridgehead atoms. The maximum absolute atomic E-state index is 10.8. The van der Waals surface area contributed by atoms with Crippen molar-refractivity contribution in [1.82, 2.24) is 0 Å². The number of ether oxygens (including phenoxy) is 1. The smallest absolute Gasteiger partial charge is 0.449 e. The number of carbonyl (C=O) groups is 1. The summed E-state index contributed by atoms with van der Waals surface area (Å²) in [6, 6.07) is 5.59. The molecule has 100 valence electrons. The standard InChI is InChI=1S/C15H22O3/c1-14(2,3)10-8-7-9-11(18-13(16)17)12(10)15(4,5)6/h7-9H,1-6H3,(H,16,17). The number of benzene rings is 1. The second-order valence-corrected chi connectivity index (χ2v) is 6.55. The third kappa shape index (κ3) is 3.25. The molecule has 0 saturated heterocycles. The van der Waals surface area contributed by atoms with Gasteiger partial charge in [0.25, 0.3) is 0 Å². The molecule has 0 unspecified atom stereocenters. The Bertz CT molecular complexity index is 448. The van der Waals surface area contributed by atoms with Gasteiger partial charge in [0.05, 0.1) is 0 Å². The summed E-state index contributed by atoms with van der Waals surface area (Å²) in [6.45, 7) is 12.5. The Hall–Kier alpha value is -1.51. The van der Waals surface area contributed by atoms with Crippen molar-refractivity contribution in [3.8, 4) is 5.75 Å². The summed E-state index contributed by atoms with van der Waals surface area (Å²) in [7, 11) is 0. The summed E-state index contributed by atoms with van der Waals surface area (Å²) in [5, 5.41) is 8.83. The second-order valence-electron chi connectivity index (χ2n) is 6.55. The molecule has 3 heteroatoms. The van der Waals surface area contributed by atoms with Crippen LogP contribution in [-0.4, -0.2) is 11.3 Å². The number of rotatable bonds is 1. The van der Waals surface area contributed by atoms with E-state index in [9.17, 15) is 4.79 Å². The maximum Gasteiger partial charge on any atom is 0.511 e. The summed E-state index contributed by atoms with van der Waals surface area (Å²) < 4.78 is 4.92. The van der Waals surface area contributed by atoms with E-state index in [1.165, 1.54) is 0 Å². The lowest BCUT2D eigenvalue weighted by molar-refractivity contribution is 0.143. The molecule has 0 radical (unpaired) electrons. The van der Waals surface area contributed by atoms with E-state index >= 15 is 0 Å². The van der Waals surface area contributed by atoms with Crippen LogP contribution in [0.25, 0.3) is 0 Å². The van der Waals surface area contributed by atoms with E-state index in [4.69, 9.17) is 9.84 Å². The summed E-state index contributed by atoms with van der Waals surface area (Å²) in [5.74, 6) is 0.433. The Morgan fingerprint density at radius 2 is 1.61 bits per heavy atom. The third-order valence-corrected chi connectivity index (χ3v) is 2.78. The summed E-state index contributed by atoms with van der Waals surface area (Å²) in [4.78, 5) is 10.8. The number of hydrogen-bond acceptors (Lipinski definition) is 2. The Labute approximate surface area is 109 Å². The summed E-state index contributed by atoms with van der Waals surface area (Å²) in [6.07, 6.45) is -1.27. The van der Waals surface area contributed by atoms with E-state index in [1.807, 2.05) is 12.1 Å². The molecule has 18 heavy (non-hydrogen) atoms. The van der Waals surface area contributed by atoms with E-state index in [0.717, 1.165) is 11.1 Å². The van der Waals surface area contributed by atoms with E-state index < -0.39 is 6.16 Å². The number of hydrogen-bond donors (Lipinski definition) is 1. The van der Waals surface area contributed by atoms with Gasteiger partial charge in [0.2, 0.25) is 0 Å². The molecule has 3 nitrogen and oxygen atoms in total. The highest BCUT2D eigenvalue weighted by Crippen LogP contribution is 2.39. The number of carboxylic acid groups (broad SMARTS) is 1. The molecule has 0 aliphatic heterocycles. The first-order valence-electron chi connectivity index (χ1n) is 6.08. The molecule has 0 fully saturated rings. The fourth-order valence-electron chi connectivity index (χ4n) is 2.11. The van der Waals surface area contributed by atoms with Crippen molar-refractivity contribution in [2.75, 3.05) is 0 Å². The topological polar surface area (TPSA) is 46.5 Å². The van der Waals surface area contributed by atoms with Crippen LogP contribution in [0.3, 0.4) is 0 Å². The fourth-order valence-corrected chi connectivity index (χ4v) is 2.11. The van der Waals surface area contributed by atoms with Gasteiger partial charge in [-0.1, -0.05) is 53.7 Å². The SMILES string of the molecule is CC(C)(C)c1cccc(OC(=O)O)c1C(C)(C)C. The second kappa shape index (κ2) is 4.63. The van der Waals surface area contributed by atoms with Gasteiger partial charge in [-0.25, -0.2) is 4.79 Å². The monoisotopic (exact) mass is 250 g/mol. The average molecular weight is 250 g/mol. The largest absolute Gasteiger partial charge is 0.511 e. The first kappa shape index (κ1) is 14.6.